The van der Waals surface area contributed by atoms with Crippen molar-refractivity contribution in [2.45, 2.75) is 46.2 Å². The Kier molecular flexibility index (Phi) is 5.26. The van der Waals surface area contributed by atoms with E-state index in [-0.39, 0.29) is 12.8 Å². The van der Waals surface area contributed by atoms with E-state index >= 15 is 0 Å². The number of amides is 3. The number of piperazine rings is 1. The molecule has 3 rings (SSSR count). The Labute approximate surface area is 152 Å². The van der Waals surface area contributed by atoms with Gasteiger partial charge in [0.25, 0.3) is 11.8 Å². The molecule has 2 aliphatic rings. The summed E-state index contributed by atoms with van der Waals surface area (Å²) in [5, 5.41) is 5.12. The summed E-state index contributed by atoms with van der Waals surface area (Å²) in [6, 6.07) is 2.39. The van der Waals surface area contributed by atoms with E-state index in [0.29, 0.717) is 37.3 Å². The number of hydroxylamine groups is 2. The molecule has 9 nitrogen and oxygen atoms in total. The molecule has 0 unspecified atom stereocenters. The zero-order valence-corrected chi connectivity index (χ0v) is 15.5. The van der Waals surface area contributed by atoms with Crippen LogP contribution in [-0.4, -0.2) is 68.7 Å². The van der Waals surface area contributed by atoms with Crippen LogP contribution >= 0.6 is 0 Å². The van der Waals surface area contributed by atoms with Gasteiger partial charge in [-0.15, -0.1) is 5.06 Å². The summed E-state index contributed by atoms with van der Waals surface area (Å²) in [5.41, 5.74) is 2.15. The Balaban J connectivity index is 1.52. The van der Waals surface area contributed by atoms with Crippen molar-refractivity contribution in [2.75, 3.05) is 26.2 Å². The smallest absolute Gasteiger partial charge is 0.311 e. The molecule has 0 aromatic carbocycles. The lowest BCUT2D eigenvalue weighted by Gasteiger charge is -2.34. The van der Waals surface area contributed by atoms with Gasteiger partial charge in [-0.1, -0.05) is 0 Å². The highest BCUT2D eigenvalue weighted by atomic mass is 16.7. The largest absolute Gasteiger partial charge is 0.434 e. The van der Waals surface area contributed by atoms with Crippen molar-refractivity contribution >= 4 is 17.9 Å². The summed E-state index contributed by atoms with van der Waals surface area (Å²) in [4.78, 5) is 44.0. The molecule has 2 saturated heterocycles. The molecule has 2 fully saturated rings. The monoisotopic (exact) mass is 363 g/mol. The fraction of sp³-hybridized carbons (Fsp3) is 0.647. The molecule has 3 heterocycles. The van der Waals surface area contributed by atoms with Gasteiger partial charge in [0.1, 0.15) is 0 Å². The van der Waals surface area contributed by atoms with Crippen molar-refractivity contribution in [3.05, 3.63) is 17.5 Å². The maximum atomic E-state index is 12.2. The van der Waals surface area contributed by atoms with E-state index in [4.69, 9.17) is 4.84 Å². The van der Waals surface area contributed by atoms with E-state index < -0.39 is 17.9 Å². The molecule has 1 aromatic rings. The summed E-state index contributed by atoms with van der Waals surface area (Å²) in [5.74, 6) is -0.918. The van der Waals surface area contributed by atoms with E-state index in [1.165, 1.54) is 4.90 Å². The van der Waals surface area contributed by atoms with E-state index in [2.05, 4.69) is 29.9 Å². The normalized spacial score (nSPS) is 18.9. The van der Waals surface area contributed by atoms with Crippen molar-refractivity contribution in [3.63, 3.8) is 0 Å². The van der Waals surface area contributed by atoms with Gasteiger partial charge >= 0.3 is 6.09 Å². The molecule has 0 saturated carbocycles. The van der Waals surface area contributed by atoms with Crippen LogP contribution in [0.2, 0.25) is 0 Å². The van der Waals surface area contributed by atoms with E-state index in [0.717, 1.165) is 17.9 Å². The number of carbonyl (C=O) groups is 3. The molecule has 142 valence electrons. The highest BCUT2D eigenvalue weighted by molar-refractivity contribution is 6.01. The first-order chi connectivity index (χ1) is 12.3. The van der Waals surface area contributed by atoms with Gasteiger partial charge in [0, 0.05) is 51.6 Å². The van der Waals surface area contributed by atoms with Gasteiger partial charge in [-0.3, -0.25) is 19.2 Å². The predicted octanol–water partition coefficient (Wildman–Crippen LogP) is 1.09. The van der Waals surface area contributed by atoms with Crippen LogP contribution in [0.5, 0.6) is 0 Å². The Morgan fingerprint density at radius 2 is 1.77 bits per heavy atom. The molecule has 0 N–H and O–H groups in total. The maximum absolute atomic E-state index is 12.2. The van der Waals surface area contributed by atoms with Crippen molar-refractivity contribution in [1.29, 1.82) is 0 Å². The molecule has 0 aliphatic carbocycles. The van der Waals surface area contributed by atoms with Gasteiger partial charge in [-0.25, -0.2) is 4.79 Å². The lowest BCUT2D eigenvalue weighted by molar-refractivity contribution is -0.174. The summed E-state index contributed by atoms with van der Waals surface area (Å²) in [6.45, 7) is 9.32. The molecular formula is C17H25N5O4. The van der Waals surface area contributed by atoms with E-state index in [9.17, 15) is 14.4 Å². The van der Waals surface area contributed by atoms with Crippen LogP contribution in [0.3, 0.4) is 0 Å². The van der Waals surface area contributed by atoms with Crippen LogP contribution in [0.4, 0.5) is 4.79 Å². The minimum absolute atomic E-state index is 0.100. The zero-order valence-electron chi connectivity index (χ0n) is 15.5. The molecule has 3 amide bonds. The minimum atomic E-state index is -0.642. The molecule has 0 radical (unpaired) electrons. The van der Waals surface area contributed by atoms with Crippen molar-refractivity contribution in [3.8, 4) is 0 Å². The lowest BCUT2D eigenvalue weighted by Crippen LogP contribution is -2.50. The Morgan fingerprint density at radius 1 is 1.15 bits per heavy atom. The number of aryl methyl sites for hydroxylation is 1. The number of rotatable bonds is 4. The highest BCUT2D eigenvalue weighted by Crippen LogP contribution is 2.16. The number of aromatic nitrogens is 2. The molecule has 0 spiro atoms. The number of imide groups is 1. The standard InChI is InChI=1S/C17H25N5O4/c1-12(2)21-14(10-13(3)18-21)11-19-6-8-20(9-7-19)17(25)26-22-15(23)4-5-16(22)24/h10,12H,4-9,11H2,1-3H3. The first kappa shape index (κ1) is 18.4. The summed E-state index contributed by atoms with van der Waals surface area (Å²) in [6.07, 6.45) is -0.442. The summed E-state index contributed by atoms with van der Waals surface area (Å²) in [7, 11) is 0. The van der Waals surface area contributed by atoms with E-state index in [1.54, 1.807) is 0 Å². The van der Waals surface area contributed by atoms with Gasteiger partial charge in [-0.05, 0) is 26.8 Å². The first-order valence-electron chi connectivity index (χ1n) is 8.95. The third kappa shape index (κ3) is 3.87. The number of hydrogen-bond donors (Lipinski definition) is 0. The average Bonchev–Trinajstić information content (AvgIpc) is 3.12. The Bertz CT molecular complexity index is 690. The molecule has 0 bridgehead atoms. The predicted molar refractivity (Wildman–Crippen MR) is 91.8 cm³/mol. The van der Waals surface area contributed by atoms with Crippen molar-refractivity contribution in [1.82, 2.24) is 24.6 Å². The SMILES string of the molecule is Cc1cc(CN2CCN(C(=O)ON3C(=O)CCC3=O)CC2)n(C(C)C)n1. The molecule has 26 heavy (non-hydrogen) atoms. The van der Waals surface area contributed by atoms with Crippen LogP contribution in [0.25, 0.3) is 0 Å². The number of hydrogen-bond acceptors (Lipinski definition) is 6. The summed E-state index contributed by atoms with van der Waals surface area (Å²) >= 11 is 0. The van der Waals surface area contributed by atoms with Gasteiger partial charge in [0.05, 0.1) is 11.4 Å². The van der Waals surface area contributed by atoms with Crippen LogP contribution < -0.4 is 0 Å². The Morgan fingerprint density at radius 3 is 2.35 bits per heavy atom. The van der Waals surface area contributed by atoms with Crippen molar-refractivity contribution in [2.24, 2.45) is 0 Å². The number of nitrogens with zero attached hydrogens (tertiary/aromatic N) is 5. The molecule has 1 aromatic heterocycles. The maximum Gasteiger partial charge on any atom is 0.434 e. The van der Waals surface area contributed by atoms with Gasteiger partial charge in [0.2, 0.25) is 0 Å². The topological polar surface area (TPSA) is 88.0 Å². The van der Waals surface area contributed by atoms with Crippen LogP contribution in [0.1, 0.15) is 44.1 Å². The van der Waals surface area contributed by atoms with Gasteiger partial charge in [0.15, 0.2) is 0 Å². The fourth-order valence-corrected chi connectivity index (χ4v) is 3.25. The quantitative estimate of drug-likeness (QED) is 0.744. The van der Waals surface area contributed by atoms with Gasteiger partial charge in [-0.2, -0.15) is 5.10 Å². The average molecular weight is 363 g/mol. The second-order valence-corrected chi connectivity index (χ2v) is 7.02. The molecule has 2 aliphatic heterocycles. The number of carbonyl (C=O) groups excluding carboxylic acids is 3. The molecule has 0 atom stereocenters. The zero-order chi connectivity index (χ0) is 18.8. The Hall–Kier alpha value is -2.42. The second-order valence-electron chi connectivity index (χ2n) is 7.02. The second kappa shape index (κ2) is 7.45. The third-order valence-corrected chi connectivity index (χ3v) is 4.62. The lowest BCUT2D eigenvalue weighted by atomic mass is 10.2. The third-order valence-electron chi connectivity index (χ3n) is 4.62. The van der Waals surface area contributed by atoms with Crippen LogP contribution in [0, 0.1) is 6.92 Å². The highest BCUT2D eigenvalue weighted by Gasteiger charge is 2.34. The van der Waals surface area contributed by atoms with Gasteiger partial charge < -0.3 is 9.74 Å². The fourth-order valence-electron chi connectivity index (χ4n) is 3.25. The molecule has 9 heteroatoms. The minimum Gasteiger partial charge on any atom is -0.311 e. The van der Waals surface area contributed by atoms with Crippen LogP contribution in [0.15, 0.2) is 6.07 Å². The van der Waals surface area contributed by atoms with E-state index in [1.807, 2.05) is 11.6 Å². The summed E-state index contributed by atoms with van der Waals surface area (Å²) < 4.78 is 2.03. The molecular weight excluding hydrogens is 338 g/mol. The van der Waals surface area contributed by atoms with Crippen molar-refractivity contribution < 1.29 is 19.2 Å². The van der Waals surface area contributed by atoms with Crippen LogP contribution in [-0.2, 0) is 21.0 Å². The first-order valence-corrected chi connectivity index (χ1v) is 8.95.